The fourth-order valence-electron chi connectivity index (χ4n) is 3.55. The van der Waals surface area contributed by atoms with E-state index in [2.05, 4.69) is 28.1 Å². The third-order valence-corrected chi connectivity index (χ3v) is 4.74. The molecule has 3 aromatic rings. The van der Waals surface area contributed by atoms with Crippen molar-refractivity contribution in [3.63, 3.8) is 0 Å². The van der Waals surface area contributed by atoms with Crippen LogP contribution in [-0.4, -0.2) is 27.9 Å². The molecule has 0 bridgehead atoms. The first-order valence-corrected chi connectivity index (χ1v) is 8.55. The van der Waals surface area contributed by atoms with Gasteiger partial charge in [-0.1, -0.05) is 18.2 Å². The van der Waals surface area contributed by atoms with Crippen molar-refractivity contribution >= 4 is 41.4 Å². The van der Waals surface area contributed by atoms with Crippen molar-refractivity contribution in [2.75, 3.05) is 13.1 Å². The second kappa shape index (κ2) is 9.13. The van der Waals surface area contributed by atoms with E-state index in [1.807, 2.05) is 12.1 Å². The van der Waals surface area contributed by atoms with Crippen LogP contribution in [0, 0.1) is 10.1 Å². The Morgan fingerprint density at radius 3 is 2.56 bits per heavy atom. The molecule has 1 aliphatic rings. The molecule has 0 radical (unpaired) electrons. The van der Waals surface area contributed by atoms with Gasteiger partial charge in [0.15, 0.2) is 0 Å². The number of non-ortho nitro benzene ring substituents is 1. The van der Waals surface area contributed by atoms with E-state index in [9.17, 15) is 10.1 Å². The highest BCUT2D eigenvalue weighted by molar-refractivity contribution is 5.94. The molecule has 1 fully saturated rings. The van der Waals surface area contributed by atoms with Crippen LogP contribution in [0.5, 0.6) is 0 Å². The Hall–Kier alpha value is -2.21. The Morgan fingerprint density at radius 1 is 1.04 bits per heavy atom. The van der Waals surface area contributed by atoms with Crippen molar-refractivity contribution in [3.8, 4) is 11.1 Å². The summed E-state index contributed by atoms with van der Waals surface area (Å²) in [5.41, 5.74) is 4.00. The molecule has 7 heteroatoms. The maximum absolute atomic E-state index is 11.1. The number of rotatable bonds is 4. The van der Waals surface area contributed by atoms with Crippen molar-refractivity contribution in [1.29, 1.82) is 0 Å². The number of benzene rings is 2. The van der Waals surface area contributed by atoms with E-state index in [4.69, 9.17) is 0 Å². The summed E-state index contributed by atoms with van der Waals surface area (Å²) >= 11 is 0. The number of hydrogen-bond donors (Lipinski definition) is 0. The van der Waals surface area contributed by atoms with E-state index < -0.39 is 0 Å². The molecule has 1 aliphatic heterocycles. The normalized spacial score (nSPS) is 13.8. The Morgan fingerprint density at radius 2 is 1.81 bits per heavy atom. The highest BCUT2D eigenvalue weighted by Crippen LogP contribution is 2.31. The van der Waals surface area contributed by atoms with Crippen molar-refractivity contribution in [1.82, 2.24) is 9.88 Å². The van der Waals surface area contributed by atoms with E-state index in [0.717, 1.165) is 41.7 Å². The SMILES string of the molecule is Cl.Cl.O=[N+]([O-])c1cccc(-c2cc(CN3CCCC3)cc3cccnc23)c1. The molecule has 142 valence electrons. The van der Waals surface area contributed by atoms with Crippen LogP contribution in [0.2, 0.25) is 0 Å². The lowest BCUT2D eigenvalue weighted by atomic mass is 9.98. The summed E-state index contributed by atoms with van der Waals surface area (Å²) < 4.78 is 0. The molecule has 0 saturated carbocycles. The molecule has 1 aromatic heterocycles. The van der Waals surface area contributed by atoms with Gasteiger partial charge in [0.25, 0.3) is 5.69 Å². The van der Waals surface area contributed by atoms with Crippen LogP contribution >= 0.6 is 24.8 Å². The van der Waals surface area contributed by atoms with Gasteiger partial charge < -0.3 is 0 Å². The summed E-state index contributed by atoms with van der Waals surface area (Å²) in [5, 5.41) is 12.2. The van der Waals surface area contributed by atoms with Crippen LogP contribution in [0.3, 0.4) is 0 Å². The summed E-state index contributed by atoms with van der Waals surface area (Å²) in [4.78, 5) is 17.7. The lowest BCUT2D eigenvalue weighted by Gasteiger charge is -2.16. The first-order valence-electron chi connectivity index (χ1n) is 8.55. The predicted octanol–water partition coefficient (Wildman–Crippen LogP) is 5.25. The van der Waals surface area contributed by atoms with Gasteiger partial charge in [-0.05, 0) is 55.3 Å². The lowest BCUT2D eigenvalue weighted by Crippen LogP contribution is -2.18. The summed E-state index contributed by atoms with van der Waals surface area (Å²) in [7, 11) is 0. The highest BCUT2D eigenvalue weighted by atomic mass is 35.5. The summed E-state index contributed by atoms with van der Waals surface area (Å²) in [6.07, 6.45) is 4.28. The first kappa shape index (κ1) is 21.1. The summed E-state index contributed by atoms with van der Waals surface area (Å²) in [6.45, 7) is 3.18. The molecule has 2 aromatic carbocycles. The van der Waals surface area contributed by atoms with Crippen molar-refractivity contribution in [3.05, 3.63) is 70.4 Å². The van der Waals surface area contributed by atoms with Gasteiger partial charge in [-0.2, -0.15) is 0 Å². The van der Waals surface area contributed by atoms with Gasteiger partial charge in [-0.3, -0.25) is 20.0 Å². The minimum absolute atomic E-state index is 0. The van der Waals surface area contributed by atoms with Crippen LogP contribution in [-0.2, 0) is 6.54 Å². The summed E-state index contributed by atoms with van der Waals surface area (Å²) in [5.74, 6) is 0. The fraction of sp³-hybridized carbons (Fsp3) is 0.250. The molecular weight excluding hydrogens is 385 g/mol. The maximum Gasteiger partial charge on any atom is 0.270 e. The van der Waals surface area contributed by atoms with Crippen LogP contribution in [0.25, 0.3) is 22.0 Å². The lowest BCUT2D eigenvalue weighted by molar-refractivity contribution is -0.384. The Balaban J connectivity index is 0.00000131. The fourth-order valence-corrected chi connectivity index (χ4v) is 3.55. The van der Waals surface area contributed by atoms with Crippen LogP contribution in [0.4, 0.5) is 5.69 Å². The van der Waals surface area contributed by atoms with E-state index in [0.29, 0.717) is 0 Å². The molecule has 0 N–H and O–H groups in total. The van der Waals surface area contributed by atoms with Gasteiger partial charge in [0, 0.05) is 35.8 Å². The molecule has 0 amide bonds. The summed E-state index contributed by atoms with van der Waals surface area (Å²) in [6, 6.07) is 15.1. The van der Waals surface area contributed by atoms with Gasteiger partial charge in [0.1, 0.15) is 0 Å². The molecule has 5 nitrogen and oxygen atoms in total. The van der Waals surface area contributed by atoms with Gasteiger partial charge in [-0.15, -0.1) is 24.8 Å². The van der Waals surface area contributed by atoms with Gasteiger partial charge in [-0.25, -0.2) is 0 Å². The zero-order chi connectivity index (χ0) is 17.2. The Kier molecular flexibility index (Phi) is 7.13. The number of fused-ring (bicyclic) bond motifs is 1. The number of nitrogens with zero attached hydrogens (tertiary/aromatic N) is 3. The molecule has 1 saturated heterocycles. The smallest absolute Gasteiger partial charge is 0.270 e. The molecule has 0 unspecified atom stereocenters. The minimum Gasteiger partial charge on any atom is -0.299 e. The number of halogens is 2. The van der Waals surface area contributed by atoms with Gasteiger partial charge in [0.2, 0.25) is 0 Å². The average molecular weight is 406 g/mol. The maximum atomic E-state index is 11.1. The number of likely N-dealkylation sites (tertiary alicyclic amines) is 1. The minimum atomic E-state index is -0.354. The van der Waals surface area contributed by atoms with Crippen molar-refractivity contribution < 1.29 is 4.92 Å². The second-order valence-corrected chi connectivity index (χ2v) is 6.51. The van der Waals surface area contributed by atoms with E-state index in [1.54, 1.807) is 18.3 Å². The average Bonchev–Trinajstić information content (AvgIpc) is 3.14. The molecule has 0 aliphatic carbocycles. The number of nitro groups is 1. The van der Waals surface area contributed by atoms with Gasteiger partial charge in [0.05, 0.1) is 10.4 Å². The van der Waals surface area contributed by atoms with Crippen molar-refractivity contribution in [2.45, 2.75) is 19.4 Å². The monoisotopic (exact) mass is 405 g/mol. The number of aromatic nitrogens is 1. The van der Waals surface area contributed by atoms with Gasteiger partial charge >= 0.3 is 0 Å². The van der Waals surface area contributed by atoms with Crippen molar-refractivity contribution in [2.24, 2.45) is 0 Å². The third-order valence-electron chi connectivity index (χ3n) is 4.74. The van der Waals surface area contributed by atoms with Crippen LogP contribution in [0.15, 0.2) is 54.7 Å². The molecule has 27 heavy (non-hydrogen) atoms. The van der Waals surface area contributed by atoms with E-state index in [1.165, 1.54) is 24.5 Å². The number of nitro benzene ring substituents is 1. The third kappa shape index (κ3) is 4.56. The van der Waals surface area contributed by atoms with E-state index >= 15 is 0 Å². The quantitative estimate of drug-likeness (QED) is 0.439. The number of hydrogen-bond acceptors (Lipinski definition) is 4. The molecule has 2 heterocycles. The number of pyridine rings is 1. The Labute approximate surface area is 170 Å². The first-order chi connectivity index (χ1) is 12.2. The molecule has 0 atom stereocenters. The topological polar surface area (TPSA) is 59.3 Å². The zero-order valence-corrected chi connectivity index (χ0v) is 16.3. The molecule has 0 spiro atoms. The van der Waals surface area contributed by atoms with Crippen LogP contribution in [0.1, 0.15) is 18.4 Å². The van der Waals surface area contributed by atoms with E-state index in [-0.39, 0.29) is 35.4 Å². The highest BCUT2D eigenvalue weighted by Gasteiger charge is 2.15. The Bertz CT molecular complexity index is 943. The largest absolute Gasteiger partial charge is 0.299 e. The zero-order valence-electron chi connectivity index (χ0n) is 14.7. The standard InChI is InChI=1S/C20H19N3O2.2ClH/c24-23(25)18-7-3-5-16(13-18)19-12-15(14-22-9-1-2-10-22)11-17-6-4-8-21-20(17)19;;/h3-8,11-13H,1-2,9-10,14H2;2*1H. The second-order valence-electron chi connectivity index (χ2n) is 6.51. The van der Waals surface area contributed by atoms with Crippen LogP contribution < -0.4 is 0 Å². The molecular formula is C20H21Cl2N3O2. The molecule has 4 rings (SSSR count). The predicted molar refractivity (Wildman–Crippen MR) is 113 cm³/mol.